The molecule has 0 aromatic carbocycles. The molecule has 2 N–H and O–H groups in total. The van der Waals surface area contributed by atoms with Gasteiger partial charge in [0.05, 0.1) is 0 Å². The van der Waals surface area contributed by atoms with E-state index in [9.17, 15) is 0 Å². The lowest BCUT2D eigenvalue weighted by atomic mass is 10.2. The Balaban J connectivity index is 2.10. The van der Waals surface area contributed by atoms with Crippen LogP contribution < -0.4 is 5.73 Å². The molecule has 78 valence electrons. The van der Waals surface area contributed by atoms with Crippen molar-refractivity contribution >= 4 is 11.8 Å². The van der Waals surface area contributed by atoms with Gasteiger partial charge in [-0.15, -0.1) is 0 Å². The standard InChI is InChI=1S/C11H18N2S/c1-10(7-12)9-14-6-4-11-3-2-5-13-8-11/h2-3,5,8,10H,4,6-7,9,12H2,1H3. The molecular weight excluding hydrogens is 192 g/mol. The fraction of sp³-hybridized carbons (Fsp3) is 0.545. The van der Waals surface area contributed by atoms with E-state index in [4.69, 9.17) is 5.73 Å². The highest BCUT2D eigenvalue weighted by atomic mass is 32.2. The molecular formula is C11H18N2S. The van der Waals surface area contributed by atoms with Gasteiger partial charge in [-0.1, -0.05) is 13.0 Å². The maximum Gasteiger partial charge on any atom is 0.0300 e. The van der Waals surface area contributed by atoms with Crippen LogP contribution in [-0.4, -0.2) is 23.0 Å². The normalized spacial score (nSPS) is 12.7. The van der Waals surface area contributed by atoms with Gasteiger partial charge in [-0.2, -0.15) is 11.8 Å². The van der Waals surface area contributed by atoms with E-state index in [1.807, 2.05) is 30.2 Å². The zero-order valence-electron chi connectivity index (χ0n) is 8.65. The topological polar surface area (TPSA) is 38.9 Å². The summed E-state index contributed by atoms with van der Waals surface area (Å²) in [7, 11) is 0. The van der Waals surface area contributed by atoms with Crippen molar-refractivity contribution in [3.8, 4) is 0 Å². The minimum Gasteiger partial charge on any atom is -0.330 e. The number of pyridine rings is 1. The largest absolute Gasteiger partial charge is 0.330 e. The summed E-state index contributed by atoms with van der Waals surface area (Å²) in [4.78, 5) is 4.09. The Bertz CT molecular complexity index is 238. The zero-order valence-corrected chi connectivity index (χ0v) is 9.46. The van der Waals surface area contributed by atoms with Crippen molar-refractivity contribution in [3.05, 3.63) is 30.1 Å². The van der Waals surface area contributed by atoms with Crippen LogP contribution in [0.2, 0.25) is 0 Å². The predicted octanol–water partition coefficient (Wildman–Crippen LogP) is 1.95. The number of hydrogen-bond acceptors (Lipinski definition) is 3. The monoisotopic (exact) mass is 210 g/mol. The van der Waals surface area contributed by atoms with E-state index in [0.717, 1.165) is 24.5 Å². The van der Waals surface area contributed by atoms with E-state index >= 15 is 0 Å². The van der Waals surface area contributed by atoms with Crippen LogP contribution in [0.1, 0.15) is 12.5 Å². The Kier molecular flexibility index (Phi) is 5.64. The summed E-state index contributed by atoms with van der Waals surface area (Å²) < 4.78 is 0. The summed E-state index contributed by atoms with van der Waals surface area (Å²) >= 11 is 1.97. The van der Waals surface area contributed by atoms with Gasteiger partial charge in [0, 0.05) is 12.4 Å². The Morgan fingerprint density at radius 2 is 2.43 bits per heavy atom. The minimum atomic E-state index is 0.633. The molecule has 1 aromatic heterocycles. The molecule has 0 radical (unpaired) electrons. The van der Waals surface area contributed by atoms with Gasteiger partial charge in [0.1, 0.15) is 0 Å². The highest BCUT2D eigenvalue weighted by Crippen LogP contribution is 2.09. The molecule has 0 aliphatic heterocycles. The Labute approximate surface area is 90.3 Å². The van der Waals surface area contributed by atoms with Crippen LogP contribution in [0.3, 0.4) is 0 Å². The summed E-state index contributed by atoms with van der Waals surface area (Å²) in [6.07, 6.45) is 4.86. The van der Waals surface area contributed by atoms with Gasteiger partial charge < -0.3 is 5.73 Å². The second kappa shape index (κ2) is 6.85. The van der Waals surface area contributed by atoms with Gasteiger partial charge in [0.2, 0.25) is 0 Å². The van der Waals surface area contributed by atoms with Crippen molar-refractivity contribution < 1.29 is 0 Å². The van der Waals surface area contributed by atoms with Crippen LogP contribution in [0.25, 0.3) is 0 Å². The molecule has 0 aliphatic rings. The van der Waals surface area contributed by atoms with Crippen LogP contribution in [0.15, 0.2) is 24.5 Å². The second-order valence-corrected chi connectivity index (χ2v) is 4.68. The van der Waals surface area contributed by atoms with E-state index in [2.05, 4.69) is 18.0 Å². The molecule has 1 aromatic rings. The van der Waals surface area contributed by atoms with Gasteiger partial charge in [0.15, 0.2) is 0 Å². The molecule has 2 nitrogen and oxygen atoms in total. The highest BCUT2D eigenvalue weighted by molar-refractivity contribution is 7.99. The Morgan fingerprint density at radius 1 is 1.57 bits per heavy atom. The lowest BCUT2D eigenvalue weighted by Gasteiger charge is -2.07. The maximum absolute atomic E-state index is 5.54. The smallest absolute Gasteiger partial charge is 0.0300 e. The van der Waals surface area contributed by atoms with Gasteiger partial charge in [0.25, 0.3) is 0 Å². The van der Waals surface area contributed by atoms with Crippen LogP contribution in [0, 0.1) is 5.92 Å². The van der Waals surface area contributed by atoms with E-state index in [1.54, 1.807) is 0 Å². The molecule has 1 heterocycles. The van der Waals surface area contributed by atoms with Crippen LogP contribution in [-0.2, 0) is 6.42 Å². The van der Waals surface area contributed by atoms with Gasteiger partial charge >= 0.3 is 0 Å². The molecule has 1 rings (SSSR count). The summed E-state index contributed by atoms with van der Waals surface area (Å²) in [6.45, 7) is 2.98. The van der Waals surface area contributed by atoms with E-state index < -0.39 is 0 Å². The van der Waals surface area contributed by atoms with E-state index in [1.165, 1.54) is 5.56 Å². The molecule has 0 saturated carbocycles. The third-order valence-corrected chi connectivity index (χ3v) is 3.36. The number of aryl methyl sites for hydroxylation is 1. The number of hydrogen-bond donors (Lipinski definition) is 1. The highest BCUT2D eigenvalue weighted by Gasteiger charge is 1.99. The first kappa shape index (κ1) is 11.5. The first-order valence-electron chi connectivity index (χ1n) is 4.99. The first-order chi connectivity index (χ1) is 6.83. The molecule has 1 atom stereocenters. The number of aromatic nitrogens is 1. The molecule has 0 fully saturated rings. The lowest BCUT2D eigenvalue weighted by molar-refractivity contribution is 0.675. The second-order valence-electron chi connectivity index (χ2n) is 3.53. The van der Waals surface area contributed by atoms with E-state index in [0.29, 0.717) is 5.92 Å². The fourth-order valence-electron chi connectivity index (χ4n) is 1.09. The number of thioether (sulfide) groups is 1. The minimum absolute atomic E-state index is 0.633. The first-order valence-corrected chi connectivity index (χ1v) is 6.15. The van der Waals surface area contributed by atoms with E-state index in [-0.39, 0.29) is 0 Å². The molecule has 0 aliphatic carbocycles. The summed E-state index contributed by atoms with van der Waals surface area (Å²) in [5, 5.41) is 0. The average Bonchev–Trinajstić information content (AvgIpc) is 2.25. The van der Waals surface area contributed by atoms with Gasteiger partial charge in [-0.25, -0.2) is 0 Å². The Morgan fingerprint density at radius 3 is 3.07 bits per heavy atom. The predicted molar refractivity (Wildman–Crippen MR) is 63.5 cm³/mol. The zero-order chi connectivity index (χ0) is 10.2. The quantitative estimate of drug-likeness (QED) is 0.729. The van der Waals surface area contributed by atoms with Crippen molar-refractivity contribution in [2.45, 2.75) is 13.3 Å². The van der Waals surface area contributed by atoms with Crippen molar-refractivity contribution in [2.75, 3.05) is 18.1 Å². The maximum atomic E-state index is 5.54. The Hall–Kier alpha value is -0.540. The SMILES string of the molecule is CC(CN)CSCCc1cccnc1. The molecule has 0 bridgehead atoms. The van der Waals surface area contributed by atoms with Crippen molar-refractivity contribution in [1.82, 2.24) is 4.98 Å². The molecule has 14 heavy (non-hydrogen) atoms. The molecule has 0 spiro atoms. The number of nitrogens with zero attached hydrogens (tertiary/aromatic N) is 1. The van der Waals surface area contributed by atoms with Crippen LogP contribution in [0.5, 0.6) is 0 Å². The summed E-state index contributed by atoms with van der Waals surface area (Å²) in [6, 6.07) is 4.11. The molecule has 1 unspecified atom stereocenters. The molecule has 0 saturated heterocycles. The third-order valence-electron chi connectivity index (χ3n) is 2.06. The molecule has 3 heteroatoms. The molecule has 0 amide bonds. The number of nitrogens with two attached hydrogens (primary N) is 1. The third kappa shape index (κ3) is 4.63. The van der Waals surface area contributed by atoms with Crippen LogP contribution in [0.4, 0.5) is 0 Å². The van der Waals surface area contributed by atoms with Crippen LogP contribution >= 0.6 is 11.8 Å². The lowest BCUT2D eigenvalue weighted by Crippen LogP contribution is -2.13. The summed E-state index contributed by atoms with van der Waals surface area (Å²) in [5.74, 6) is 2.96. The van der Waals surface area contributed by atoms with Crippen molar-refractivity contribution in [2.24, 2.45) is 11.7 Å². The fourth-order valence-corrected chi connectivity index (χ4v) is 2.17. The van der Waals surface area contributed by atoms with Gasteiger partial charge in [-0.05, 0) is 42.0 Å². The number of rotatable bonds is 6. The van der Waals surface area contributed by atoms with Gasteiger partial charge in [-0.3, -0.25) is 4.98 Å². The van der Waals surface area contributed by atoms with Crippen molar-refractivity contribution in [3.63, 3.8) is 0 Å². The average molecular weight is 210 g/mol. The van der Waals surface area contributed by atoms with Crippen molar-refractivity contribution in [1.29, 1.82) is 0 Å². The summed E-state index contributed by atoms with van der Waals surface area (Å²) in [5.41, 5.74) is 6.86.